The van der Waals surface area contributed by atoms with Crippen molar-refractivity contribution >= 4 is 11.6 Å². The second-order valence-electron chi connectivity index (χ2n) is 4.85. The summed E-state index contributed by atoms with van der Waals surface area (Å²) in [4.78, 5) is 11.8. The van der Waals surface area contributed by atoms with Gasteiger partial charge in [-0.2, -0.15) is 0 Å². The number of unbranched alkanes of at least 4 members (excludes halogenated alkanes) is 1. The lowest BCUT2D eigenvalue weighted by Gasteiger charge is -2.05. The van der Waals surface area contributed by atoms with Gasteiger partial charge in [0.15, 0.2) is 12.4 Å². The predicted molar refractivity (Wildman–Crippen MR) is 82.1 cm³/mol. The molecule has 1 N–H and O–H groups in total. The Labute approximate surface area is 125 Å². The van der Waals surface area contributed by atoms with Gasteiger partial charge < -0.3 is 10.1 Å². The molecule has 0 fully saturated rings. The fourth-order valence-corrected chi connectivity index (χ4v) is 2.06. The summed E-state index contributed by atoms with van der Waals surface area (Å²) in [6.07, 6.45) is 6.49. The Hall–Kier alpha value is -2.36. The number of pyridine rings is 1. The van der Waals surface area contributed by atoms with Crippen molar-refractivity contribution in [1.82, 2.24) is 0 Å². The Balaban J connectivity index is 1.67. The van der Waals surface area contributed by atoms with Crippen molar-refractivity contribution in [2.45, 2.75) is 25.8 Å². The highest BCUT2D eigenvalue weighted by atomic mass is 16.5. The lowest BCUT2D eigenvalue weighted by molar-refractivity contribution is -0.697. The van der Waals surface area contributed by atoms with Crippen molar-refractivity contribution in [3.05, 3.63) is 54.9 Å². The van der Waals surface area contributed by atoms with Crippen molar-refractivity contribution in [2.24, 2.45) is 0 Å². The monoisotopic (exact) mass is 285 g/mol. The summed E-state index contributed by atoms with van der Waals surface area (Å²) >= 11 is 0. The number of hydrogen-bond acceptors (Lipinski definition) is 2. The van der Waals surface area contributed by atoms with Crippen LogP contribution < -0.4 is 14.6 Å². The van der Waals surface area contributed by atoms with E-state index >= 15 is 0 Å². The van der Waals surface area contributed by atoms with E-state index in [0.29, 0.717) is 6.42 Å². The number of nitrogens with one attached hydrogen (secondary N) is 1. The van der Waals surface area contributed by atoms with Crippen LogP contribution in [-0.2, 0) is 11.3 Å². The van der Waals surface area contributed by atoms with Gasteiger partial charge in [-0.15, -0.1) is 0 Å². The molecule has 0 spiro atoms. The van der Waals surface area contributed by atoms with Crippen LogP contribution in [0.4, 0.5) is 5.69 Å². The SMILES string of the molecule is COc1ccc(NC(=O)CCCC[n+]2ccccc2)cc1. The third-order valence-electron chi connectivity index (χ3n) is 3.22. The van der Waals surface area contributed by atoms with E-state index in [1.54, 1.807) is 7.11 Å². The number of carbonyl (C=O) groups excluding carboxylic acids is 1. The van der Waals surface area contributed by atoms with Gasteiger partial charge in [0.05, 0.1) is 7.11 Å². The lowest BCUT2D eigenvalue weighted by atomic mass is 10.2. The number of ether oxygens (including phenoxy) is 1. The molecule has 1 amide bonds. The summed E-state index contributed by atoms with van der Waals surface area (Å²) in [6, 6.07) is 13.4. The molecule has 0 unspecified atom stereocenters. The van der Waals surface area contributed by atoms with E-state index in [-0.39, 0.29) is 5.91 Å². The van der Waals surface area contributed by atoms with Gasteiger partial charge in [-0.1, -0.05) is 6.07 Å². The van der Waals surface area contributed by atoms with Crippen LogP contribution in [0, 0.1) is 0 Å². The lowest BCUT2D eigenvalue weighted by Crippen LogP contribution is -2.32. The Morgan fingerprint density at radius 1 is 1.10 bits per heavy atom. The fourth-order valence-electron chi connectivity index (χ4n) is 2.06. The van der Waals surface area contributed by atoms with Crippen molar-refractivity contribution in [1.29, 1.82) is 0 Å². The van der Waals surface area contributed by atoms with Gasteiger partial charge in [0.25, 0.3) is 0 Å². The summed E-state index contributed by atoms with van der Waals surface area (Å²) in [5.74, 6) is 0.839. The average Bonchev–Trinajstić information content (AvgIpc) is 2.53. The molecular weight excluding hydrogens is 264 g/mol. The summed E-state index contributed by atoms with van der Waals surface area (Å²) in [6.45, 7) is 0.941. The van der Waals surface area contributed by atoms with Gasteiger partial charge in [-0.3, -0.25) is 4.79 Å². The molecule has 4 heteroatoms. The molecule has 2 aromatic rings. The molecule has 0 aliphatic rings. The van der Waals surface area contributed by atoms with E-state index in [2.05, 4.69) is 9.88 Å². The molecule has 4 nitrogen and oxygen atoms in total. The highest BCUT2D eigenvalue weighted by Gasteiger charge is 2.04. The Morgan fingerprint density at radius 3 is 2.48 bits per heavy atom. The first-order valence-electron chi connectivity index (χ1n) is 7.16. The predicted octanol–water partition coefficient (Wildman–Crippen LogP) is 2.79. The number of amides is 1. The van der Waals surface area contributed by atoms with E-state index in [0.717, 1.165) is 30.8 Å². The number of benzene rings is 1. The van der Waals surface area contributed by atoms with Crippen LogP contribution in [0.15, 0.2) is 54.9 Å². The standard InChI is InChI=1S/C17H20N2O2/c1-21-16-10-8-15(9-11-16)18-17(20)7-3-6-14-19-12-4-2-5-13-19/h2,4-5,8-13H,3,6-7,14H2,1H3/p+1. The van der Waals surface area contributed by atoms with Crippen LogP contribution >= 0.6 is 0 Å². The zero-order valence-electron chi connectivity index (χ0n) is 12.3. The molecule has 1 aromatic carbocycles. The van der Waals surface area contributed by atoms with Crippen molar-refractivity contribution in [2.75, 3.05) is 12.4 Å². The van der Waals surface area contributed by atoms with E-state index in [9.17, 15) is 4.79 Å². The summed E-state index contributed by atoms with van der Waals surface area (Å²) in [5.41, 5.74) is 0.804. The Morgan fingerprint density at radius 2 is 1.81 bits per heavy atom. The average molecular weight is 285 g/mol. The maximum absolute atomic E-state index is 11.8. The Bertz CT molecular complexity index is 553. The Kier molecular flexibility index (Phi) is 5.76. The summed E-state index contributed by atoms with van der Waals surface area (Å²) < 4.78 is 7.21. The van der Waals surface area contributed by atoms with E-state index in [4.69, 9.17) is 4.74 Å². The number of nitrogens with zero attached hydrogens (tertiary/aromatic N) is 1. The minimum Gasteiger partial charge on any atom is -0.497 e. The zero-order chi connectivity index (χ0) is 14.9. The van der Waals surface area contributed by atoms with Crippen LogP contribution in [-0.4, -0.2) is 13.0 Å². The smallest absolute Gasteiger partial charge is 0.224 e. The van der Waals surface area contributed by atoms with Gasteiger partial charge in [0.2, 0.25) is 5.91 Å². The van der Waals surface area contributed by atoms with Gasteiger partial charge in [0.1, 0.15) is 12.3 Å². The number of hydrogen-bond donors (Lipinski definition) is 1. The zero-order valence-corrected chi connectivity index (χ0v) is 12.3. The van der Waals surface area contributed by atoms with E-state index < -0.39 is 0 Å². The van der Waals surface area contributed by atoms with Crippen molar-refractivity contribution in [3.63, 3.8) is 0 Å². The highest BCUT2D eigenvalue weighted by molar-refractivity contribution is 5.90. The third-order valence-corrected chi connectivity index (χ3v) is 3.22. The van der Waals surface area contributed by atoms with Crippen LogP contribution in [0.3, 0.4) is 0 Å². The molecule has 21 heavy (non-hydrogen) atoms. The molecule has 0 radical (unpaired) electrons. The molecule has 0 saturated heterocycles. The molecule has 0 aliphatic carbocycles. The molecular formula is C17H21N2O2+. The van der Waals surface area contributed by atoms with Gasteiger partial charge in [0, 0.05) is 30.7 Å². The molecule has 0 aliphatic heterocycles. The van der Waals surface area contributed by atoms with E-state index in [1.807, 2.05) is 54.9 Å². The number of methoxy groups -OCH3 is 1. The first-order valence-corrected chi connectivity index (χ1v) is 7.16. The molecule has 2 rings (SSSR count). The topological polar surface area (TPSA) is 42.2 Å². The molecule has 110 valence electrons. The number of anilines is 1. The number of aromatic nitrogens is 1. The molecule has 1 aromatic heterocycles. The third kappa shape index (κ3) is 5.26. The first-order chi connectivity index (χ1) is 10.3. The first kappa shape index (κ1) is 15.0. The molecule has 0 bridgehead atoms. The second kappa shape index (κ2) is 8.04. The normalized spacial score (nSPS) is 10.1. The number of aryl methyl sites for hydroxylation is 1. The maximum Gasteiger partial charge on any atom is 0.224 e. The maximum atomic E-state index is 11.8. The fraction of sp³-hybridized carbons (Fsp3) is 0.294. The minimum atomic E-state index is 0.0539. The number of rotatable bonds is 7. The van der Waals surface area contributed by atoms with Crippen molar-refractivity contribution in [3.8, 4) is 5.75 Å². The summed E-state index contributed by atoms with van der Waals surface area (Å²) in [7, 11) is 1.62. The van der Waals surface area contributed by atoms with Crippen molar-refractivity contribution < 1.29 is 14.1 Å². The van der Waals surface area contributed by atoms with Gasteiger partial charge in [-0.25, -0.2) is 4.57 Å². The molecule has 0 saturated carbocycles. The molecule has 1 heterocycles. The quantitative estimate of drug-likeness (QED) is 0.628. The van der Waals surface area contributed by atoms with Crippen LogP contribution in [0.25, 0.3) is 0 Å². The number of carbonyl (C=O) groups is 1. The van der Waals surface area contributed by atoms with Crippen LogP contribution in [0.5, 0.6) is 5.75 Å². The van der Waals surface area contributed by atoms with E-state index in [1.165, 1.54) is 0 Å². The van der Waals surface area contributed by atoms with Crippen LogP contribution in [0.1, 0.15) is 19.3 Å². The molecule has 0 atom stereocenters. The van der Waals surface area contributed by atoms with Crippen LogP contribution in [0.2, 0.25) is 0 Å². The highest BCUT2D eigenvalue weighted by Crippen LogP contribution is 2.15. The van der Waals surface area contributed by atoms with Gasteiger partial charge >= 0.3 is 0 Å². The second-order valence-corrected chi connectivity index (χ2v) is 4.85. The van der Waals surface area contributed by atoms with Gasteiger partial charge in [-0.05, 0) is 30.7 Å². The largest absolute Gasteiger partial charge is 0.497 e. The summed E-state index contributed by atoms with van der Waals surface area (Å²) in [5, 5.41) is 2.89. The minimum absolute atomic E-state index is 0.0539.